The van der Waals surface area contributed by atoms with E-state index < -0.39 is 6.10 Å². The fourth-order valence-electron chi connectivity index (χ4n) is 2.16. The Labute approximate surface area is 173 Å². The highest BCUT2D eigenvalue weighted by molar-refractivity contribution is 7.98. The zero-order valence-corrected chi connectivity index (χ0v) is 17.6. The van der Waals surface area contributed by atoms with Crippen molar-refractivity contribution in [2.75, 3.05) is 12.3 Å². The molecule has 0 aromatic heterocycles. The van der Waals surface area contributed by atoms with Gasteiger partial charge in [0.1, 0.15) is 5.75 Å². The van der Waals surface area contributed by atoms with Crippen LogP contribution in [0.1, 0.15) is 18.1 Å². The van der Waals surface area contributed by atoms with Gasteiger partial charge in [-0.3, -0.25) is 4.79 Å². The zero-order valence-electron chi connectivity index (χ0n) is 14.5. The summed E-state index contributed by atoms with van der Waals surface area (Å²) in [6, 6.07) is 10.8. The maximum Gasteiger partial charge on any atom is 0.260 e. The van der Waals surface area contributed by atoms with Crippen LogP contribution in [0.25, 0.3) is 0 Å². The van der Waals surface area contributed by atoms with E-state index in [4.69, 9.17) is 39.5 Å². The highest BCUT2D eigenvalue weighted by Gasteiger charge is 2.14. The number of thioether (sulfide) groups is 1. The molecule has 0 fully saturated rings. The lowest BCUT2D eigenvalue weighted by molar-refractivity contribution is -0.127. The van der Waals surface area contributed by atoms with Crippen molar-refractivity contribution in [1.29, 1.82) is 0 Å². The number of rotatable bonds is 8. The molecule has 0 heterocycles. The van der Waals surface area contributed by atoms with Crippen molar-refractivity contribution in [3.63, 3.8) is 0 Å². The second kappa shape index (κ2) is 10.3. The molecule has 1 amide bonds. The number of hydrogen-bond acceptors (Lipinski definition) is 3. The Kier molecular flexibility index (Phi) is 8.42. The van der Waals surface area contributed by atoms with Crippen LogP contribution in [0.15, 0.2) is 36.4 Å². The van der Waals surface area contributed by atoms with Gasteiger partial charge >= 0.3 is 0 Å². The van der Waals surface area contributed by atoms with Crippen LogP contribution in [0.2, 0.25) is 15.1 Å². The van der Waals surface area contributed by atoms with E-state index in [0.29, 0.717) is 27.4 Å². The minimum atomic E-state index is -0.578. The van der Waals surface area contributed by atoms with E-state index in [-0.39, 0.29) is 5.91 Å². The van der Waals surface area contributed by atoms with Gasteiger partial charge in [-0.25, -0.2) is 0 Å². The molecule has 0 spiro atoms. The maximum absolute atomic E-state index is 12.1. The first kappa shape index (κ1) is 21.2. The Bertz CT molecular complexity index is 770. The first-order valence-corrected chi connectivity index (χ1v) is 10.4. The SMILES string of the molecule is Cc1cc(OC(C)C(=O)NCCSCc2ccc(Cl)cc2Cl)ccc1Cl. The van der Waals surface area contributed by atoms with Crippen LogP contribution < -0.4 is 10.1 Å². The molecule has 0 aliphatic heterocycles. The molecule has 2 rings (SSSR count). The van der Waals surface area contributed by atoms with Gasteiger partial charge in [0.05, 0.1) is 0 Å². The van der Waals surface area contributed by atoms with E-state index in [1.807, 2.05) is 25.1 Å². The summed E-state index contributed by atoms with van der Waals surface area (Å²) < 4.78 is 5.66. The van der Waals surface area contributed by atoms with Crippen LogP contribution >= 0.6 is 46.6 Å². The van der Waals surface area contributed by atoms with Gasteiger partial charge in [0, 0.05) is 33.1 Å². The fraction of sp³-hybridized carbons (Fsp3) is 0.316. The summed E-state index contributed by atoms with van der Waals surface area (Å²) in [5.41, 5.74) is 1.94. The Morgan fingerprint density at radius 2 is 1.92 bits per heavy atom. The number of aryl methyl sites for hydroxylation is 1. The Hall–Kier alpha value is -1.07. The number of amides is 1. The van der Waals surface area contributed by atoms with Gasteiger partial charge in [0.15, 0.2) is 6.10 Å². The van der Waals surface area contributed by atoms with Gasteiger partial charge in [0.25, 0.3) is 5.91 Å². The third kappa shape index (κ3) is 6.58. The quantitative estimate of drug-likeness (QED) is 0.538. The lowest BCUT2D eigenvalue weighted by Crippen LogP contribution is -2.37. The smallest absolute Gasteiger partial charge is 0.260 e. The van der Waals surface area contributed by atoms with E-state index in [9.17, 15) is 4.79 Å². The molecule has 3 nitrogen and oxygen atoms in total. The molecule has 0 saturated heterocycles. The normalized spacial score (nSPS) is 11.9. The Morgan fingerprint density at radius 3 is 2.62 bits per heavy atom. The second-order valence-corrected chi connectivity index (χ2v) is 8.11. The number of halogens is 3. The van der Waals surface area contributed by atoms with E-state index in [1.54, 1.807) is 36.9 Å². The molecule has 0 aliphatic carbocycles. The monoisotopic (exact) mass is 431 g/mol. The van der Waals surface area contributed by atoms with Crippen LogP contribution in [0.3, 0.4) is 0 Å². The maximum atomic E-state index is 12.1. The minimum absolute atomic E-state index is 0.150. The number of carbonyl (C=O) groups excluding carboxylic acids is 1. The molecule has 0 bridgehead atoms. The van der Waals surface area contributed by atoms with Gasteiger partial charge in [0.2, 0.25) is 0 Å². The summed E-state index contributed by atoms with van der Waals surface area (Å²) in [5.74, 6) is 2.02. The minimum Gasteiger partial charge on any atom is -0.481 e. The molecule has 140 valence electrons. The van der Waals surface area contributed by atoms with E-state index >= 15 is 0 Å². The molecular weight excluding hydrogens is 413 g/mol. The number of nitrogens with one attached hydrogen (secondary N) is 1. The number of benzene rings is 2. The molecular formula is C19H20Cl3NO2S. The summed E-state index contributed by atoms with van der Waals surface area (Å²) in [4.78, 5) is 12.1. The van der Waals surface area contributed by atoms with Crippen molar-refractivity contribution in [3.8, 4) is 5.75 Å². The van der Waals surface area contributed by atoms with Crippen molar-refractivity contribution in [1.82, 2.24) is 5.32 Å². The molecule has 2 aromatic carbocycles. The van der Waals surface area contributed by atoms with Crippen LogP contribution in [0.4, 0.5) is 0 Å². The van der Waals surface area contributed by atoms with Gasteiger partial charge in [-0.15, -0.1) is 0 Å². The predicted octanol–water partition coefficient (Wildman–Crippen LogP) is 5.77. The predicted molar refractivity (Wildman–Crippen MR) is 112 cm³/mol. The highest BCUT2D eigenvalue weighted by atomic mass is 35.5. The molecule has 1 atom stereocenters. The van der Waals surface area contributed by atoms with Crippen molar-refractivity contribution in [3.05, 3.63) is 62.6 Å². The highest BCUT2D eigenvalue weighted by Crippen LogP contribution is 2.24. The molecule has 0 saturated carbocycles. The van der Waals surface area contributed by atoms with Gasteiger partial charge in [-0.1, -0.05) is 40.9 Å². The van der Waals surface area contributed by atoms with Gasteiger partial charge < -0.3 is 10.1 Å². The largest absolute Gasteiger partial charge is 0.481 e. The van der Waals surface area contributed by atoms with E-state index in [1.165, 1.54) is 0 Å². The topological polar surface area (TPSA) is 38.3 Å². The third-order valence-corrected chi connectivity index (χ3v) is 5.65. The summed E-state index contributed by atoms with van der Waals surface area (Å²) >= 11 is 19.7. The number of hydrogen-bond donors (Lipinski definition) is 1. The summed E-state index contributed by atoms with van der Waals surface area (Å²) in [5, 5.41) is 4.83. The Balaban J connectivity index is 1.70. The molecule has 0 radical (unpaired) electrons. The van der Waals surface area contributed by atoms with E-state index in [0.717, 1.165) is 22.6 Å². The summed E-state index contributed by atoms with van der Waals surface area (Å²) in [7, 11) is 0. The van der Waals surface area contributed by atoms with Gasteiger partial charge in [-0.05, 0) is 55.3 Å². The van der Waals surface area contributed by atoms with Crippen LogP contribution in [0, 0.1) is 6.92 Å². The number of carbonyl (C=O) groups is 1. The van der Waals surface area contributed by atoms with Crippen LogP contribution in [0.5, 0.6) is 5.75 Å². The third-order valence-electron chi connectivity index (χ3n) is 3.63. The Morgan fingerprint density at radius 1 is 1.15 bits per heavy atom. The fourth-order valence-corrected chi connectivity index (χ4v) is 3.69. The first-order valence-electron chi connectivity index (χ1n) is 8.09. The molecule has 26 heavy (non-hydrogen) atoms. The average molecular weight is 433 g/mol. The number of ether oxygens (including phenoxy) is 1. The lowest BCUT2D eigenvalue weighted by atomic mass is 10.2. The standard InChI is InChI=1S/C19H20Cl3NO2S/c1-12-9-16(5-6-17(12)21)25-13(2)19(24)23-7-8-26-11-14-3-4-15(20)10-18(14)22/h3-6,9-10,13H,7-8,11H2,1-2H3,(H,23,24). The van der Waals surface area contributed by atoms with Crippen molar-refractivity contribution < 1.29 is 9.53 Å². The molecule has 7 heteroatoms. The van der Waals surface area contributed by atoms with Crippen LogP contribution in [-0.2, 0) is 10.5 Å². The zero-order chi connectivity index (χ0) is 19.1. The summed E-state index contributed by atoms with van der Waals surface area (Å²) in [6.07, 6.45) is -0.578. The van der Waals surface area contributed by atoms with Gasteiger partial charge in [-0.2, -0.15) is 11.8 Å². The second-order valence-electron chi connectivity index (χ2n) is 5.75. The van der Waals surface area contributed by atoms with E-state index in [2.05, 4.69) is 5.32 Å². The molecule has 0 aliphatic rings. The first-order chi connectivity index (χ1) is 12.4. The van der Waals surface area contributed by atoms with Crippen molar-refractivity contribution in [2.24, 2.45) is 0 Å². The van der Waals surface area contributed by atoms with Crippen molar-refractivity contribution >= 4 is 52.5 Å². The average Bonchev–Trinajstić information content (AvgIpc) is 2.59. The van der Waals surface area contributed by atoms with Crippen LogP contribution in [-0.4, -0.2) is 24.3 Å². The lowest BCUT2D eigenvalue weighted by Gasteiger charge is -2.15. The molecule has 2 aromatic rings. The molecule has 1 unspecified atom stereocenters. The molecule has 1 N–H and O–H groups in total. The van der Waals surface area contributed by atoms with Crippen molar-refractivity contribution in [2.45, 2.75) is 25.7 Å². The summed E-state index contributed by atoms with van der Waals surface area (Å²) in [6.45, 7) is 4.17.